The Hall–Kier alpha value is -0.870. The molecule has 1 amide bonds. The molecule has 0 radical (unpaired) electrons. The fourth-order valence-corrected chi connectivity index (χ4v) is 2.76. The van der Waals surface area contributed by atoms with E-state index in [0.29, 0.717) is 31.2 Å². The summed E-state index contributed by atoms with van der Waals surface area (Å²) in [6, 6.07) is -1.18. The van der Waals surface area contributed by atoms with Crippen LogP contribution >= 0.6 is 12.6 Å². The van der Waals surface area contributed by atoms with Gasteiger partial charge in [-0.1, -0.05) is 34.1 Å². The molecular formula is C19H39N3O5S. The molecule has 9 heteroatoms. The van der Waals surface area contributed by atoms with Crippen molar-refractivity contribution in [2.75, 3.05) is 25.5 Å². The Morgan fingerprint density at radius 3 is 2.36 bits per heavy atom. The molecular weight excluding hydrogens is 382 g/mol. The van der Waals surface area contributed by atoms with Crippen molar-refractivity contribution >= 4 is 24.5 Å². The van der Waals surface area contributed by atoms with Crippen molar-refractivity contribution in [2.24, 2.45) is 17.6 Å². The summed E-state index contributed by atoms with van der Waals surface area (Å²) in [6.45, 7) is 8.73. The van der Waals surface area contributed by atoms with E-state index in [4.69, 9.17) is 15.6 Å². The third-order valence-electron chi connectivity index (χ3n) is 4.69. The molecule has 0 aliphatic heterocycles. The van der Waals surface area contributed by atoms with E-state index in [1.807, 2.05) is 13.8 Å². The van der Waals surface area contributed by atoms with Crippen LogP contribution in [-0.4, -0.2) is 71.8 Å². The quantitative estimate of drug-likeness (QED) is 0.201. The van der Waals surface area contributed by atoms with E-state index in [0.717, 1.165) is 6.42 Å². The number of ether oxygens (including phenoxy) is 1. The molecule has 0 bridgehead atoms. The number of nitrogens with one attached hydrogen (secondary N) is 2. The van der Waals surface area contributed by atoms with Crippen LogP contribution in [-0.2, 0) is 14.3 Å². The summed E-state index contributed by atoms with van der Waals surface area (Å²) in [5.74, 6) is -0.559. The molecule has 6 N–H and O–H groups in total. The van der Waals surface area contributed by atoms with Crippen LogP contribution in [0.4, 0.5) is 0 Å². The normalized spacial score (nSPS) is 17.0. The van der Waals surface area contributed by atoms with Gasteiger partial charge in [-0.2, -0.15) is 12.6 Å². The number of carboxylic acid groups (broad SMARTS) is 1. The van der Waals surface area contributed by atoms with Crippen molar-refractivity contribution in [2.45, 2.75) is 71.2 Å². The topological polar surface area (TPSA) is 134 Å². The monoisotopic (exact) mass is 421 g/mol. The highest BCUT2D eigenvalue weighted by atomic mass is 32.1. The second-order valence-corrected chi connectivity index (χ2v) is 8.07. The number of amides is 1. The maximum Gasteiger partial charge on any atom is 0.326 e. The second kappa shape index (κ2) is 15.0. The van der Waals surface area contributed by atoms with Gasteiger partial charge in [0.2, 0.25) is 5.91 Å². The van der Waals surface area contributed by atoms with Crippen molar-refractivity contribution in [1.82, 2.24) is 10.6 Å². The first kappa shape index (κ1) is 27.1. The predicted molar refractivity (Wildman–Crippen MR) is 114 cm³/mol. The van der Waals surface area contributed by atoms with Gasteiger partial charge in [-0.25, -0.2) is 4.79 Å². The molecule has 0 saturated carbocycles. The number of hydrogen-bond donors (Lipinski definition) is 6. The average Bonchev–Trinajstić information content (AvgIpc) is 2.65. The van der Waals surface area contributed by atoms with Gasteiger partial charge < -0.3 is 31.3 Å². The minimum absolute atomic E-state index is 0.0195. The van der Waals surface area contributed by atoms with Gasteiger partial charge in [-0.05, 0) is 18.3 Å². The number of nitrogens with two attached hydrogens (primary N) is 1. The highest BCUT2D eigenvalue weighted by Crippen LogP contribution is 2.14. The van der Waals surface area contributed by atoms with Crippen molar-refractivity contribution in [3.63, 3.8) is 0 Å². The van der Waals surface area contributed by atoms with Crippen LogP contribution in [0.3, 0.4) is 0 Å². The molecule has 28 heavy (non-hydrogen) atoms. The van der Waals surface area contributed by atoms with Crippen LogP contribution in [0, 0.1) is 11.8 Å². The van der Waals surface area contributed by atoms with Crippen LogP contribution < -0.4 is 16.4 Å². The van der Waals surface area contributed by atoms with Gasteiger partial charge in [0.15, 0.2) is 0 Å². The first-order chi connectivity index (χ1) is 13.2. The Bertz CT molecular complexity index is 453. The molecule has 166 valence electrons. The Labute approximate surface area is 174 Å². The highest BCUT2D eigenvalue weighted by molar-refractivity contribution is 7.80. The molecule has 0 aromatic carbocycles. The lowest BCUT2D eigenvalue weighted by Crippen LogP contribution is -2.49. The largest absolute Gasteiger partial charge is 0.480 e. The van der Waals surface area contributed by atoms with E-state index >= 15 is 0 Å². The minimum Gasteiger partial charge on any atom is -0.480 e. The van der Waals surface area contributed by atoms with E-state index in [1.54, 1.807) is 0 Å². The number of aliphatic carboxylic acids is 1. The van der Waals surface area contributed by atoms with Crippen LogP contribution in [0.15, 0.2) is 0 Å². The summed E-state index contributed by atoms with van der Waals surface area (Å²) in [5.41, 5.74) is 5.92. The van der Waals surface area contributed by atoms with E-state index in [1.165, 1.54) is 0 Å². The molecule has 0 aliphatic carbocycles. The number of aliphatic hydroxyl groups excluding tert-OH is 1. The van der Waals surface area contributed by atoms with E-state index < -0.39 is 24.0 Å². The lowest BCUT2D eigenvalue weighted by Gasteiger charge is -2.28. The smallest absolute Gasteiger partial charge is 0.326 e. The van der Waals surface area contributed by atoms with E-state index in [9.17, 15) is 14.7 Å². The first-order valence-electron chi connectivity index (χ1n) is 10.0. The van der Waals surface area contributed by atoms with E-state index in [2.05, 4.69) is 37.1 Å². The maximum atomic E-state index is 12.6. The molecule has 8 nitrogen and oxygen atoms in total. The van der Waals surface area contributed by atoms with Gasteiger partial charge in [0, 0.05) is 37.4 Å². The summed E-state index contributed by atoms with van der Waals surface area (Å²) in [7, 11) is 0. The number of aliphatic hydroxyl groups is 1. The zero-order valence-corrected chi connectivity index (χ0v) is 18.5. The molecule has 0 saturated heterocycles. The summed E-state index contributed by atoms with van der Waals surface area (Å²) in [6.07, 6.45) is 0.609. The number of carboxylic acids is 1. The number of carbonyl (C=O) groups is 2. The van der Waals surface area contributed by atoms with Crippen LogP contribution in [0.1, 0.15) is 47.0 Å². The molecule has 0 aliphatic rings. The summed E-state index contributed by atoms with van der Waals surface area (Å²) < 4.78 is 5.93. The standard InChI is InChI=1S/C19H39N3O5S/c1-5-13(4)16(21-9-14(20)11-28)10-27-17(8-12(2)3)18(24)22-15(6-7-23)19(25)26/h12-17,21,23,28H,5-11,20H2,1-4H3,(H,22,24)(H,25,26)/t13-,14?,15+,16?,17?/m0/s1. The summed E-state index contributed by atoms with van der Waals surface area (Å²) in [5, 5.41) is 24.1. The molecule has 0 aromatic heterocycles. The van der Waals surface area contributed by atoms with Crippen molar-refractivity contribution < 1.29 is 24.5 Å². The molecule has 3 unspecified atom stereocenters. The lowest BCUT2D eigenvalue weighted by atomic mass is 9.99. The summed E-state index contributed by atoms with van der Waals surface area (Å²) >= 11 is 4.19. The first-order valence-corrected chi connectivity index (χ1v) is 10.6. The van der Waals surface area contributed by atoms with Crippen LogP contribution in [0.25, 0.3) is 0 Å². The van der Waals surface area contributed by atoms with E-state index in [-0.39, 0.29) is 31.0 Å². The lowest BCUT2D eigenvalue weighted by molar-refractivity contribution is -0.145. The SMILES string of the molecule is CC[C@H](C)C(COC(CC(C)C)C(=O)N[C@H](CCO)C(=O)O)NCC(N)CS. The maximum absolute atomic E-state index is 12.6. The van der Waals surface area contributed by atoms with Crippen molar-refractivity contribution in [3.05, 3.63) is 0 Å². The zero-order chi connectivity index (χ0) is 21.7. The molecule has 0 heterocycles. The minimum atomic E-state index is -1.18. The van der Waals surface area contributed by atoms with Gasteiger partial charge >= 0.3 is 5.97 Å². The molecule has 0 spiro atoms. The Balaban J connectivity index is 5.01. The fourth-order valence-electron chi connectivity index (χ4n) is 2.63. The Morgan fingerprint density at radius 2 is 1.89 bits per heavy atom. The Morgan fingerprint density at radius 1 is 1.25 bits per heavy atom. The van der Waals surface area contributed by atoms with Gasteiger partial charge in [0.1, 0.15) is 12.1 Å². The highest BCUT2D eigenvalue weighted by Gasteiger charge is 2.28. The van der Waals surface area contributed by atoms with Gasteiger partial charge in [0.25, 0.3) is 0 Å². The number of rotatable bonds is 16. The van der Waals surface area contributed by atoms with Gasteiger partial charge in [-0.3, -0.25) is 4.79 Å². The third-order valence-corrected chi connectivity index (χ3v) is 5.16. The summed E-state index contributed by atoms with van der Waals surface area (Å²) in [4.78, 5) is 23.8. The molecule has 5 atom stereocenters. The average molecular weight is 422 g/mol. The predicted octanol–water partition coefficient (Wildman–Crippen LogP) is 0.631. The number of thiol groups is 1. The van der Waals surface area contributed by atoms with Crippen molar-refractivity contribution in [3.8, 4) is 0 Å². The van der Waals surface area contributed by atoms with Crippen LogP contribution in [0.2, 0.25) is 0 Å². The molecule has 0 fully saturated rings. The van der Waals surface area contributed by atoms with Gasteiger partial charge in [-0.15, -0.1) is 0 Å². The molecule has 0 rings (SSSR count). The van der Waals surface area contributed by atoms with Crippen LogP contribution in [0.5, 0.6) is 0 Å². The number of hydrogen-bond acceptors (Lipinski definition) is 7. The molecule has 0 aromatic rings. The zero-order valence-electron chi connectivity index (χ0n) is 17.6. The van der Waals surface area contributed by atoms with Crippen molar-refractivity contribution in [1.29, 1.82) is 0 Å². The third kappa shape index (κ3) is 11.2. The Kier molecular flexibility index (Phi) is 14.6. The number of carbonyl (C=O) groups excluding carboxylic acids is 1. The van der Waals surface area contributed by atoms with Gasteiger partial charge in [0.05, 0.1) is 6.61 Å². The fraction of sp³-hybridized carbons (Fsp3) is 0.895. The second-order valence-electron chi connectivity index (χ2n) is 7.71.